The Kier molecular flexibility index (Phi) is 5.35. The first-order chi connectivity index (χ1) is 15.5. The molecule has 0 amide bonds. The number of aromatic nitrogens is 4. The van der Waals surface area contributed by atoms with E-state index in [0.29, 0.717) is 28.0 Å². The molecule has 0 aliphatic heterocycles. The molecule has 0 saturated carbocycles. The molecule has 2 aromatic carbocycles. The maximum atomic E-state index is 13.3. The summed E-state index contributed by atoms with van der Waals surface area (Å²) in [5.74, 6) is 0.556. The molecule has 10 heteroatoms. The van der Waals surface area contributed by atoms with Crippen LogP contribution in [-0.4, -0.2) is 26.1 Å². The number of nitrogens with two attached hydrogens (primary N) is 2. The van der Waals surface area contributed by atoms with Gasteiger partial charge in [0, 0.05) is 13.0 Å². The van der Waals surface area contributed by atoms with Crippen LogP contribution in [0.25, 0.3) is 16.6 Å². The van der Waals surface area contributed by atoms with Crippen LogP contribution < -0.4 is 22.3 Å². The van der Waals surface area contributed by atoms with Crippen molar-refractivity contribution in [3.8, 4) is 17.8 Å². The maximum Gasteiger partial charge on any atom is 0.266 e. The van der Waals surface area contributed by atoms with Gasteiger partial charge in [0.25, 0.3) is 5.56 Å². The lowest BCUT2D eigenvalue weighted by Gasteiger charge is -2.15. The SMILES string of the molecule is N#Cc1c(N)nc(N)nc1NCCc1nc2c(C#N)cccc2c(=O)n1-c1ccccc1. The van der Waals surface area contributed by atoms with Crippen LogP contribution in [-0.2, 0) is 6.42 Å². The lowest BCUT2D eigenvalue weighted by Crippen LogP contribution is -2.26. The van der Waals surface area contributed by atoms with Crippen molar-refractivity contribution in [2.75, 3.05) is 23.3 Å². The van der Waals surface area contributed by atoms with Crippen molar-refractivity contribution in [2.24, 2.45) is 0 Å². The fourth-order valence-electron chi connectivity index (χ4n) is 3.38. The number of nitrogens with zero attached hydrogens (tertiary/aromatic N) is 6. The van der Waals surface area contributed by atoms with Crippen molar-refractivity contribution in [1.29, 1.82) is 10.5 Å². The standard InChI is InChI=1S/C22H17N9O/c23-11-13-5-4-8-15-18(13)28-17(31(21(15)32)14-6-2-1-3-7-14)9-10-27-20-16(12-24)19(25)29-22(26)30-20/h1-8H,9-10H2,(H5,25,26,27,29,30). The van der Waals surface area contributed by atoms with Crippen molar-refractivity contribution < 1.29 is 0 Å². The van der Waals surface area contributed by atoms with Crippen molar-refractivity contribution in [2.45, 2.75) is 6.42 Å². The second-order valence-corrected chi connectivity index (χ2v) is 6.80. The number of nitrogens with one attached hydrogen (secondary N) is 1. The van der Waals surface area contributed by atoms with Crippen LogP contribution in [0.5, 0.6) is 0 Å². The number of fused-ring (bicyclic) bond motifs is 1. The first-order valence-corrected chi connectivity index (χ1v) is 9.60. The average Bonchev–Trinajstić information content (AvgIpc) is 2.79. The molecule has 0 atom stereocenters. The summed E-state index contributed by atoms with van der Waals surface area (Å²) < 4.78 is 1.51. The number of para-hydroxylation sites is 2. The number of nitriles is 2. The van der Waals surface area contributed by atoms with Gasteiger partial charge in [-0.05, 0) is 24.3 Å². The zero-order chi connectivity index (χ0) is 22.7. The highest BCUT2D eigenvalue weighted by Gasteiger charge is 2.16. The minimum atomic E-state index is -0.276. The highest BCUT2D eigenvalue weighted by atomic mass is 16.1. The lowest BCUT2D eigenvalue weighted by molar-refractivity contribution is 0.809. The summed E-state index contributed by atoms with van der Waals surface area (Å²) in [5, 5.41) is 22.2. The predicted molar refractivity (Wildman–Crippen MR) is 120 cm³/mol. The van der Waals surface area contributed by atoms with E-state index in [4.69, 9.17) is 11.5 Å². The summed E-state index contributed by atoms with van der Waals surface area (Å²) in [7, 11) is 0. The number of hydrogen-bond donors (Lipinski definition) is 3. The van der Waals surface area contributed by atoms with Gasteiger partial charge in [-0.1, -0.05) is 24.3 Å². The van der Waals surface area contributed by atoms with Gasteiger partial charge in [-0.3, -0.25) is 9.36 Å². The molecule has 156 valence electrons. The number of rotatable bonds is 5. The van der Waals surface area contributed by atoms with Crippen molar-refractivity contribution in [3.63, 3.8) is 0 Å². The Bertz CT molecular complexity index is 1460. The molecule has 5 N–H and O–H groups in total. The van der Waals surface area contributed by atoms with Crippen LogP contribution in [0.15, 0.2) is 53.3 Å². The highest BCUT2D eigenvalue weighted by Crippen LogP contribution is 2.19. The Labute approximate surface area is 182 Å². The molecule has 32 heavy (non-hydrogen) atoms. The van der Waals surface area contributed by atoms with Gasteiger partial charge < -0.3 is 16.8 Å². The predicted octanol–water partition coefficient (Wildman–Crippen LogP) is 1.74. The molecular weight excluding hydrogens is 406 g/mol. The Morgan fingerprint density at radius 1 is 0.969 bits per heavy atom. The molecule has 0 bridgehead atoms. The fraction of sp³-hybridized carbons (Fsp3) is 0.0909. The Morgan fingerprint density at radius 2 is 1.75 bits per heavy atom. The van der Waals surface area contributed by atoms with Crippen molar-refractivity contribution >= 4 is 28.5 Å². The third-order valence-corrected chi connectivity index (χ3v) is 4.81. The molecule has 0 saturated heterocycles. The van der Waals surface area contributed by atoms with Gasteiger partial charge in [0.2, 0.25) is 5.95 Å². The van der Waals surface area contributed by atoms with Gasteiger partial charge in [-0.25, -0.2) is 4.98 Å². The van der Waals surface area contributed by atoms with Gasteiger partial charge in [0.1, 0.15) is 29.3 Å². The normalized spacial score (nSPS) is 10.4. The van der Waals surface area contributed by atoms with E-state index in [2.05, 4.69) is 26.3 Å². The summed E-state index contributed by atoms with van der Waals surface area (Å²) >= 11 is 0. The summed E-state index contributed by atoms with van der Waals surface area (Å²) in [5.41, 5.74) is 12.5. The Hall–Kier alpha value is -4.96. The third-order valence-electron chi connectivity index (χ3n) is 4.81. The zero-order valence-corrected chi connectivity index (χ0v) is 16.8. The van der Waals surface area contributed by atoms with Gasteiger partial charge in [-0.15, -0.1) is 0 Å². The van der Waals surface area contributed by atoms with E-state index in [9.17, 15) is 15.3 Å². The molecule has 0 spiro atoms. The zero-order valence-electron chi connectivity index (χ0n) is 16.8. The fourth-order valence-corrected chi connectivity index (χ4v) is 3.38. The number of benzene rings is 2. The largest absolute Gasteiger partial charge is 0.382 e. The minimum Gasteiger partial charge on any atom is -0.382 e. The molecule has 0 radical (unpaired) electrons. The molecule has 2 aromatic heterocycles. The van der Waals surface area contributed by atoms with E-state index in [0.717, 1.165) is 0 Å². The van der Waals surface area contributed by atoms with Crippen LogP contribution >= 0.6 is 0 Å². The number of nitrogen functional groups attached to an aromatic ring is 2. The monoisotopic (exact) mass is 423 g/mol. The quantitative estimate of drug-likeness (QED) is 0.432. The smallest absolute Gasteiger partial charge is 0.266 e. The molecule has 10 nitrogen and oxygen atoms in total. The summed E-state index contributed by atoms with van der Waals surface area (Å²) in [4.78, 5) is 25.8. The van der Waals surface area contributed by atoms with E-state index < -0.39 is 0 Å². The topological polar surface area (TPSA) is 172 Å². The number of hydrogen-bond acceptors (Lipinski definition) is 9. The molecule has 0 unspecified atom stereocenters. The van der Waals surface area contributed by atoms with E-state index >= 15 is 0 Å². The van der Waals surface area contributed by atoms with Gasteiger partial charge in [0.15, 0.2) is 5.82 Å². The van der Waals surface area contributed by atoms with Gasteiger partial charge in [-0.2, -0.15) is 20.5 Å². The summed E-state index contributed by atoms with van der Waals surface area (Å²) in [6.07, 6.45) is 0.286. The van der Waals surface area contributed by atoms with E-state index in [1.807, 2.05) is 24.3 Å². The lowest BCUT2D eigenvalue weighted by atomic mass is 10.1. The molecule has 0 aliphatic carbocycles. The van der Waals surface area contributed by atoms with Crippen LogP contribution in [0.3, 0.4) is 0 Å². The molecular formula is C22H17N9O. The first-order valence-electron chi connectivity index (χ1n) is 9.60. The van der Waals surface area contributed by atoms with Crippen molar-refractivity contribution in [3.05, 3.63) is 75.8 Å². The molecule has 4 rings (SSSR count). The molecule has 0 fully saturated rings. The van der Waals surface area contributed by atoms with Gasteiger partial charge in [0.05, 0.1) is 22.2 Å². The van der Waals surface area contributed by atoms with Crippen LogP contribution in [0.1, 0.15) is 17.0 Å². The van der Waals surface area contributed by atoms with E-state index in [1.165, 1.54) is 4.57 Å². The Balaban J connectivity index is 1.78. The third kappa shape index (κ3) is 3.64. The summed E-state index contributed by atoms with van der Waals surface area (Å²) in [6.45, 7) is 0.268. The van der Waals surface area contributed by atoms with Crippen LogP contribution in [0.2, 0.25) is 0 Å². The van der Waals surface area contributed by atoms with Crippen LogP contribution in [0, 0.1) is 22.7 Å². The second-order valence-electron chi connectivity index (χ2n) is 6.80. The average molecular weight is 423 g/mol. The van der Waals surface area contributed by atoms with Crippen LogP contribution in [0.4, 0.5) is 17.6 Å². The number of anilines is 3. The first kappa shape index (κ1) is 20.3. The van der Waals surface area contributed by atoms with E-state index in [-0.39, 0.29) is 41.7 Å². The highest BCUT2D eigenvalue weighted by molar-refractivity contribution is 5.83. The Morgan fingerprint density at radius 3 is 2.47 bits per heavy atom. The molecule has 2 heterocycles. The second kappa shape index (κ2) is 8.42. The van der Waals surface area contributed by atoms with Crippen molar-refractivity contribution in [1.82, 2.24) is 19.5 Å². The van der Waals surface area contributed by atoms with Gasteiger partial charge >= 0.3 is 0 Å². The molecule has 4 aromatic rings. The van der Waals surface area contributed by atoms with E-state index in [1.54, 1.807) is 30.3 Å². The molecule has 0 aliphatic rings. The summed E-state index contributed by atoms with van der Waals surface area (Å²) in [6, 6.07) is 18.1. The minimum absolute atomic E-state index is 0.0220. The maximum absolute atomic E-state index is 13.3.